The van der Waals surface area contributed by atoms with E-state index in [2.05, 4.69) is 32.9 Å². The zero-order valence-corrected chi connectivity index (χ0v) is 12.6. The van der Waals surface area contributed by atoms with Crippen LogP contribution in [-0.4, -0.2) is 41.7 Å². The first-order chi connectivity index (χ1) is 10.8. The largest absolute Gasteiger partial charge is 0.454 e. The molecule has 0 spiro atoms. The normalized spacial score (nSPS) is 20.1. The highest BCUT2D eigenvalue weighted by molar-refractivity contribution is 5.44. The van der Waals surface area contributed by atoms with Crippen molar-refractivity contribution in [2.75, 3.05) is 27.1 Å². The van der Waals surface area contributed by atoms with Crippen LogP contribution in [0, 0.1) is 0 Å². The Kier molecular flexibility index (Phi) is 3.48. The molecule has 0 radical (unpaired) electrons. The fraction of sp³-hybridized carbons (Fsp3) is 0.438. The molecule has 3 heterocycles. The fourth-order valence-electron chi connectivity index (χ4n) is 3.20. The molecule has 0 saturated carbocycles. The average molecular weight is 301 g/mol. The first-order valence-corrected chi connectivity index (χ1v) is 7.45. The van der Waals surface area contributed by atoms with Crippen molar-refractivity contribution in [1.82, 2.24) is 14.7 Å². The van der Waals surface area contributed by atoms with Gasteiger partial charge in [-0.1, -0.05) is 6.07 Å². The monoisotopic (exact) mass is 301 g/mol. The zero-order valence-electron chi connectivity index (χ0n) is 12.6. The SMILES string of the molecule is COC[C@@H]1CN(Cc2ccc3c(c2)OCO3)Cc2ccnn21. The lowest BCUT2D eigenvalue weighted by Crippen LogP contribution is -2.39. The lowest BCUT2D eigenvalue weighted by Gasteiger charge is -2.33. The Morgan fingerprint density at radius 1 is 1.27 bits per heavy atom. The number of ether oxygens (including phenoxy) is 3. The number of aromatic nitrogens is 2. The fourth-order valence-corrected chi connectivity index (χ4v) is 3.20. The third-order valence-electron chi connectivity index (χ3n) is 4.15. The smallest absolute Gasteiger partial charge is 0.231 e. The van der Waals surface area contributed by atoms with E-state index in [4.69, 9.17) is 14.2 Å². The molecule has 6 heteroatoms. The molecule has 0 fully saturated rings. The van der Waals surface area contributed by atoms with Gasteiger partial charge in [0.1, 0.15) is 0 Å². The Balaban J connectivity index is 1.52. The molecule has 22 heavy (non-hydrogen) atoms. The third-order valence-corrected chi connectivity index (χ3v) is 4.15. The molecule has 0 aliphatic carbocycles. The van der Waals surface area contributed by atoms with Crippen LogP contribution in [0.4, 0.5) is 0 Å². The maximum absolute atomic E-state index is 5.46. The van der Waals surface area contributed by atoms with Gasteiger partial charge in [0.25, 0.3) is 0 Å². The molecule has 2 aromatic rings. The van der Waals surface area contributed by atoms with E-state index in [1.54, 1.807) is 7.11 Å². The first-order valence-electron chi connectivity index (χ1n) is 7.45. The third kappa shape index (κ3) is 2.44. The Hall–Kier alpha value is -2.05. The van der Waals surface area contributed by atoms with Crippen molar-refractivity contribution >= 4 is 0 Å². The Labute approximate surface area is 129 Å². The van der Waals surface area contributed by atoms with E-state index in [1.165, 1.54) is 11.3 Å². The maximum atomic E-state index is 5.46. The molecule has 116 valence electrons. The van der Waals surface area contributed by atoms with Crippen LogP contribution in [0.25, 0.3) is 0 Å². The standard InChI is InChI=1S/C16H19N3O3/c1-20-10-14-9-18(8-13-4-5-17-19(13)14)7-12-2-3-15-16(6-12)22-11-21-15/h2-6,14H,7-11H2,1H3/t14-/m0/s1. The van der Waals surface area contributed by atoms with Gasteiger partial charge in [-0.25, -0.2) is 0 Å². The molecule has 2 aliphatic heterocycles. The minimum Gasteiger partial charge on any atom is -0.454 e. The van der Waals surface area contributed by atoms with Crippen molar-refractivity contribution in [3.8, 4) is 11.5 Å². The van der Waals surface area contributed by atoms with Gasteiger partial charge < -0.3 is 14.2 Å². The van der Waals surface area contributed by atoms with Crippen molar-refractivity contribution in [2.24, 2.45) is 0 Å². The summed E-state index contributed by atoms with van der Waals surface area (Å²) in [5.41, 5.74) is 2.46. The molecule has 0 amide bonds. The number of fused-ring (bicyclic) bond motifs is 2. The molecular formula is C16H19N3O3. The van der Waals surface area contributed by atoms with Crippen LogP contribution >= 0.6 is 0 Å². The Morgan fingerprint density at radius 3 is 3.09 bits per heavy atom. The lowest BCUT2D eigenvalue weighted by molar-refractivity contribution is 0.0907. The highest BCUT2D eigenvalue weighted by Crippen LogP contribution is 2.33. The highest BCUT2D eigenvalue weighted by atomic mass is 16.7. The molecule has 1 aromatic carbocycles. The van der Waals surface area contributed by atoms with Crippen molar-refractivity contribution in [1.29, 1.82) is 0 Å². The Morgan fingerprint density at radius 2 is 2.18 bits per heavy atom. The molecule has 1 aromatic heterocycles. The van der Waals surface area contributed by atoms with Gasteiger partial charge in [0, 0.05) is 32.9 Å². The minimum atomic E-state index is 0.262. The summed E-state index contributed by atoms with van der Waals surface area (Å²) in [4.78, 5) is 2.41. The van der Waals surface area contributed by atoms with Crippen molar-refractivity contribution in [3.63, 3.8) is 0 Å². The van der Waals surface area contributed by atoms with Crippen LogP contribution in [0.5, 0.6) is 11.5 Å². The van der Waals surface area contributed by atoms with Crippen LogP contribution in [0.15, 0.2) is 30.5 Å². The predicted octanol–water partition coefficient (Wildman–Crippen LogP) is 1.82. The van der Waals surface area contributed by atoms with Crippen molar-refractivity contribution < 1.29 is 14.2 Å². The van der Waals surface area contributed by atoms with E-state index in [0.717, 1.165) is 31.1 Å². The second-order valence-electron chi connectivity index (χ2n) is 5.73. The van der Waals surface area contributed by atoms with Crippen LogP contribution in [0.2, 0.25) is 0 Å². The van der Waals surface area contributed by atoms with E-state index in [9.17, 15) is 0 Å². The van der Waals surface area contributed by atoms with Gasteiger partial charge in [0.05, 0.1) is 18.3 Å². The van der Waals surface area contributed by atoms with Crippen LogP contribution in [0.1, 0.15) is 17.3 Å². The number of rotatable bonds is 4. The van der Waals surface area contributed by atoms with Crippen molar-refractivity contribution in [3.05, 3.63) is 41.7 Å². The van der Waals surface area contributed by atoms with Gasteiger partial charge in [-0.15, -0.1) is 0 Å². The van der Waals surface area contributed by atoms with E-state index in [0.29, 0.717) is 13.4 Å². The van der Waals surface area contributed by atoms with Crippen LogP contribution in [0.3, 0.4) is 0 Å². The van der Waals surface area contributed by atoms with Gasteiger partial charge in [0.15, 0.2) is 11.5 Å². The van der Waals surface area contributed by atoms with E-state index >= 15 is 0 Å². The number of hydrogen-bond donors (Lipinski definition) is 0. The molecule has 0 N–H and O–H groups in total. The van der Waals surface area contributed by atoms with Crippen molar-refractivity contribution in [2.45, 2.75) is 19.1 Å². The van der Waals surface area contributed by atoms with Crippen LogP contribution in [-0.2, 0) is 17.8 Å². The molecular weight excluding hydrogens is 282 g/mol. The second kappa shape index (κ2) is 5.62. The topological polar surface area (TPSA) is 48.8 Å². The molecule has 0 saturated heterocycles. The van der Waals surface area contributed by atoms with E-state index in [-0.39, 0.29) is 6.04 Å². The summed E-state index contributed by atoms with van der Waals surface area (Å²) in [7, 11) is 1.74. The summed E-state index contributed by atoms with van der Waals surface area (Å²) in [5, 5.41) is 4.42. The number of benzene rings is 1. The molecule has 0 bridgehead atoms. The summed E-state index contributed by atoms with van der Waals surface area (Å²) in [6.45, 7) is 3.69. The van der Waals surface area contributed by atoms with E-state index < -0.39 is 0 Å². The minimum absolute atomic E-state index is 0.262. The van der Waals surface area contributed by atoms with Gasteiger partial charge >= 0.3 is 0 Å². The van der Waals surface area contributed by atoms with Gasteiger partial charge in [-0.05, 0) is 23.8 Å². The zero-order chi connectivity index (χ0) is 14.9. The van der Waals surface area contributed by atoms with Crippen LogP contribution < -0.4 is 9.47 Å². The summed E-state index contributed by atoms with van der Waals surface area (Å²) in [5.74, 6) is 1.67. The van der Waals surface area contributed by atoms with E-state index in [1.807, 2.05) is 12.3 Å². The maximum Gasteiger partial charge on any atom is 0.231 e. The summed E-state index contributed by atoms with van der Waals surface area (Å²) >= 11 is 0. The number of methoxy groups -OCH3 is 1. The second-order valence-corrected chi connectivity index (χ2v) is 5.73. The number of nitrogens with zero attached hydrogens (tertiary/aromatic N) is 3. The molecule has 0 unspecified atom stereocenters. The summed E-state index contributed by atoms with van der Waals surface area (Å²) in [6.07, 6.45) is 1.86. The lowest BCUT2D eigenvalue weighted by atomic mass is 10.1. The van der Waals surface area contributed by atoms with Gasteiger partial charge in [-0.3, -0.25) is 9.58 Å². The molecule has 1 atom stereocenters. The molecule has 4 rings (SSSR count). The van der Waals surface area contributed by atoms with Gasteiger partial charge in [-0.2, -0.15) is 5.10 Å². The number of hydrogen-bond acceptors (Lipinski definition) is 5. The summed E-state index contributed by atoms with van der Waals surface area (Å²) < 4.78 is 18.2. The average Bonchev–Trinajstić information content (AvgIpc) is 3.15. The summed E-state index contributed by atoms with van der Waals surface area (Å²) in [6, 6.07) is 8.50. The Bertz CT molecular complexity index is 670. The quantitative estimate of drug-likeness (QED) is 0.862. The predicted molar refractivity (Wildman–Crippen MR) is 79.8 cm³/mol. The van der Waals surface area contributed by atoms with Gasteiger partial charge in [0.2, 0.25) is 6.79 Å². The molecule has 2 aliphatic rings. The first kappa shape index (κ1) is 13.6. The highest BCUT2D eigenvalue weighted by Gasteiger charge is 2.25. The molecule has 6 nitrogen and oxygen atoms in total.